The molecule has 1 aliphatic heterocycles. The first-order valence-corrected chi connectivity index (χ1v) is 9.98. The fourth-order valence-corrected chi connectivity index (χ4v) is 3.99. The van der Waals surface area contributed by atoms with Gasteiger partial charge in [0.15, 0.2) is 0 Å². The summed E-state index contributed by atoms with van der Waals surface area (Å²) in [4.78, 5) is 9.04. The highest BCUT2D eigenvalue weighted by Gasteiger charge is 2.28. The lowest BCUT2D eigenvalue weighted by atomic mass is 9.99. The number of aromatic nitrogens is 4. The molecule has 0 saturated carbocycles. The molecule has 124 valence electrons. The average Bonchev–Trinajstić information content (AvgIpc) is 2.99. The molecule has 1 atom stereocenters. The molecule has 2 aromatic rings. The highest BCUT2D eigenvalue weighted by Crippen LogP contribution is 2.27. The van der Waals surface area contributed by atoms with Crippen LogP contribution in [0.1, 0.15) is 30.3 Å². The molecular weight excluding hydrogens is 336 g/mol. The minimum absolute atomic E-state index is 0.00773. The van der Waals surface area contributed by atoms with Crippen molar-refractivity contribution in [2.45, 2.75) is 25.7 Å². The van der Waals surface area contributed by atoms with E-state index in [2.05, 4.69) is 25.5 Å². The van der Waals surface area contributed by atoms with Crippen molar-refractivity contribution in [2.24, 2.45) is 0 Å². The van der Waals surface area contributed by atoms with E-state index in [-0.39, 0.29) is 5.92 Å². The number of sulfonamides is 1. The highest BCUT2D eigenvalue weighted by atomic mass is 32.2. The molecule has 0 spiro atoms. The minimum atomic E-state index is -3.18. The van der Waals surface area contributed by atoms with Gasteiger partial charge in [0.1, 0.15) is 17.2 Å². The van der Waals surface area contributed by atoms with E-state index in [0.717, 1.165) is 18.5 Å². The van der Waals surface area contributed by atoms with Gasteiger partial charge in [0.2, 0.25) is 15.2 Å². The van der Waals surface area contributed by atoms with Crippen molar-refractivity contribution < 1.29 is 8.42 Å². The maximum Gasteiger partial charge on any atom is 0.211 e. The molecule has 0 aromatic carbocycles. The smallest absolute Gasteiger partial charge is 0.211 e. The van der Waals surface area contributed by atoms with E-state index in [9.17, 15) is 8.42 Å². The Morgan fingerprint density at radius 2 is 2.22 bits per heavy atom. The predicted octanol–water partition coefficient (Wildman–Crippen LogP) is 1.52. The summed E-state index contributed by atoms with van der Waals surface area (Å²) in [6.07, 6.45) is 2.94. The fourth-order valence-electron chi connectivity index (χ4n) is 2.63. The molecule has 10 heteroatoms. The monoisotopic (exact) mass is 354 g/mol. The van der Waals surface area contributed by atoms with Gasteiger partial charge < -0.3 is 5.32 Å². The number of anilines is 2. The number of aryl methyl sites for hydroxylation is 1. The minimum Gasteiger partial charge on any atom is -0.315 e. The van der Waals surface area contributed by atoms with Crippen LogP contribution in [0.2, 0.25) is 0 Å². The number of hydrogen-bond donors (Lipinski definition) is 1. The lowest BCUT2D eigenvalue weighted by Gasteiger charge is -2.30. The van der Waals surface area contributed by atoms with Gasteiger partial charge >= 0.3 is 0 Å². The third kappa shape index (κ3) is 4.01. The number of piperidine rings is 1. The Balaban J connectivity index is 1.83. The van der Waals surface area contributed by atoms with Gasteiger partial charge in [-0.25, -0.2) is 22.7 Å². The van der Waals surface area contributed by atoms with Crippen LogP contribution in [-0.4, -0.2) is 52.2 Å². The molecule has 8 nitrogen and oxygen atoms in total. The summed E-state index contributed by atoms with van der Waals surface area (Å²) in [7, 11) is -3.18. The molecule has 0 bridgehead atoms. The van der Waals surface area contributed by atoms with Crippen molar-refractivity contribution >= 4 is 32.3 Å². The summed E-state index contributed by atoms with van der Waals surface area (Å²) in [5, 5.41) is 11.5. The number of nitrogens with one attached hydrogen (secondary N) is 1. The molecule has 1 aliphatic rings. The van der Waals surface area contributed by atoms with Crippen molar-refractivity contribution in [3.05, 3.63) is 23.1 Å². The van der Waals surface area contributed by atoms with E-state index < -0.39 is 10.0 Å². The number of nitrogens with zero attached hydrogens (tertiary/aromatic N) is 5. The standard InChI is InChI=1S/C13H18N6O2S2/c1-9-6-11(17-13-18-14-8-22-13)16-12(15-9)10-4-3-5-19(7-10)23(2,20)21/h6,8,10H,3-5,7H2,1-2H3,(H,15,16,17,18). The van der Waals surface area contributed by atoms with Crippen LogP contribution in [-0.2, 0) is 10.0 Å². The Morgan fingerprint density at radius 3 is 2.91 bits per heavy atom. The molecule has 0 radical (unpaired) electrons. The zero-order valence-corrected chi connectivity index (χ0v) is 14.6. The first-order valence-electron chi connectivity index (χ1n) is 7.26. The summed E-state index contributed by atoms with van der Waals surface area (Å²) in [6, 6.07) is 1.84. The van der Waals surface area contributed by atoms with Gasteiger partial charge in [-0.1, -0.05) is 11.3 Å². The van der Waals surface area contributed by atoms with Gasteiger partial charge in [0.05, 0.1) is 6.26 Å². The summed E-state index contributed by atoms with van der Waals surface area (Å²) in [5.74, 6) is 1.33. The van der Waals surface area contributed by atoms with Crippen LogP contribution in [0.25, 0.3) is 0 Å². The normalized spacial score (nSPS) is 19.7. The molecule has 0 aliphatic carbocycles. The van der Waals surface area contributed by atoms with Gasteiger partial charge in [0, 0.05) is 30.8 Å². The van der Waals surface area contributed by atoms with E-state index in [1.807, 2.05) is 13.0 Å². The predicted molar refractivity (Wildman–Crippen MR) is 88.4 cm³/mol. The Hall–Kier alpha value is -1.65. The van der Waals surface area contributed by atoms with Crippen molar-refractivity contribution in [1.82, 2.24) is 24.5 Å². The lowest BCUT2D eigenvalue weighted by Crippen LogP contribution is -2.38. The molecule has 2 aromatic heterocycles. The van der Waals surface area contributed by atoms with Gasteiger partial charge in [-0.3, -0.25) is 0 Å². The second-order valence-electron chi connectivity index (χ2n) is 5.58. The van der Waals surface area contributed by atoms with Crippen molar-refractivity contribution in [1.29, 1.82) is 0 Å². The van der Waals surface area contributed by atoms with Crippen LogP contribution in [0.5, 0.6) is 0 Å². The number of hydrogen-bond acceptors (Lipinski definition) is 8. The van der Waals surface area contributed by atoms with E-state index in [1.54, 1.807) is 5.51 Å². The van der Waals surface area contributed by atoms with Gasteiger partial charge in [-0.2, -0.15) is 0 Å². The SMILES string of the molecule is Cc1cc(Nc2nncs2)nc(C2CCCN(S(C)(=O)=O)C2)n1. The summed E-state index contributed by atoms with van der Waals surface area (Å²) >= 11 is 1.39. The van der Waals surface area contributed by atoms with E-state index in [1.165, 1.54) is 21.9 Å². The van der Waals surface area contributed by atoms with Crippen LogP contribution in [0.3, 0.4) is 0 Å². The first-order chi connectivity index (χ1) is 10.9. The van der Waals surface area contributed by atoms with Gasteiger partial charge in [-0.05, 0) is 19.8 Å². The summed E-state index contributed by atoms with van der Waals surface area (Å²) < 4.78 is 25.0. The summed E-state index contributed by atoms with van der Waals surface area (Å²) in [6.45, 7) is 2.89. The molecule has 1 saturated heterocycles. The molecule has 3 rings (SSSR count). The fraction of sp³-hybridized carbons (Fsp3) is 0.538. The van der Waals surface area contributed by atoms with Crippen molar-refractivity contribution in [3.63, 3.8) is 0 Å². The van der Waals surface area contributed by atoms with Crippen LogP contribution in [0.15, 0.2) is 11.6 Å². The maximum absolute atomic E-state index is 11.8. The molecular formula is C13H18N6O2S2. The molecule has 0 amide bonds. The van der Waals surface area contributed by atoms with E-state index >= 15 is 0 Å². The second-order valence-corrected chi connectivity index (χ2v) is 8.40. The largest absolute Gasteiger partial charge is 0.315 e. The lowest BCUT2D eigenvalue weighted by molar-refractivity contribution is 0.311. The van der Waals surface area contributed by atoms with Crippen LogP contribution >= 0.6 is 11.3 Å². The third-order valence-electron chi connectivity index (χ3n) is 3.68. The zero-order valence-electron chi connectivity index (χ0n) is 12.9. The Kier molecular flexibility index (Phi) is 4.55. The van der Waals surface area contributed by atoms with Crippen LogP contribution in [0.4, 0.5) is 10.9 Å². The van der Waals surface area contributed by atoms with E-state index in [0.29, 0.717) is 29.9 Å². The topological polar surface area (TPSA) is 101 Å². The van der Waals surface area contributed by atoms with Gasteiger partial charge in [-0.15, -0.1) is 10.2 Å². The van der Waals surface area contributed by atoms with Gasteiger partial charge in [0.25, 0.3) is 0 Å². The quantitative estimate of drug-likeness (QED) is 0.888. The number of rotatable bonds is 4. The third-order valence-corrected chi connectivity index (χ3v) is 5.56. The molecule has 1 unspecified atom stereocenters. The van der Waals surface area contributed by atoms with Crippen LogP contribution < -0.4 is 5.32 Å². The zero-order chi connectivity index (χ0) is 16.4. The molecule has 23 heavy (non-hydrogen) atoms. The second kappa shape index (κ2) is 6.46. The maximum atomic E-state index is 11.8. The molecule has 1 fully saturated rings. The molecule has 3 heterocycles. The average molecular weight is 354 g/mol. The Bertz CT molecular complexity index is 778. The Labute approximate surface area is 139 Å². The van der Waals surface area contributed by atoms with Crippen LogP contribution in [0, 0.1) is 6.92 Å². The summed E-state index contributed by atoms with van der Waals surface area (Å²) in [5.41, 5.74) is 2.47. The van der Waals surface area contributed by atoms with Crippen molar-refractivity contribution in [2.75, 3.05) is 24.7 Å². The highest BCUT2D eigenvalue weighted by molar-refractivity contribution is 7.88. The first kappa shape index (κ1) is 16.2. The Morgan fingerprint density at radius 1 is 1.39 bits per heavy atom. The molecule has 1 N–H and O–H groups in total. The van der Waals surface area contributed by atoms with Crippen molar-refractivity contribution in [3.8, 4) is 0 Å². The van der Waals surface area contributed by atoms with E-state index in [4.69, 9.17) is 0 Å².